The molecule has 3 aromatic heterocycles. The van der Waals surface area contributed by atoms with Gasteiger partial charge < -0.3 is 10.3 Å². The Morgan fingerprint density at radius 3 is 2.68 bits per heavy atom. The van der Waals surface area contributed by atoms with Crippen molar-refractivity contribution in [2.24, 2.45) is 0 Å². The number of anilines is 1. The Morgan fingerprint density at radius 1 is 1.25 bits per heavy atom. The van der Waals surface area contributed by atoms with Crippen LogP contribution in [0, 0.1) is 0 Å². The molecule has 0 aliphatic rings. The Labute approximate surface area is 163 Å². The minimum atomic E-state index is -3.42. The summed E-state index contributed by atoms with van der Waals surface area (Å²) in [6.45, 7) is 6.10. The molecule has 0 unspecified atom stereocenters. The summed E-state index contributed by atoms with van der Waals surface area (Å²) in [5.74, 6) is 0.791. The summed E-state index contributed by atoms with van der Waals surface area (Å²) in [5, 5.41) is 0. The number of rotatable bonds is 8. The summed E-state index contributed by atoms with van der Waals surface area (Å²) >= 11 is 0. The Balaban J connectivity index is 2.19. The molecule has 0 amide bonds. The molecule has 0 saturated heterocycles. The number of sulfonamides is 1. The lowest BCUT2D eigenvalue weighted by Crippen LogP contribution is -2.46. The summed E-state index contributed by atoms with van der Waals surface area (Å²) in [5.41, 5.74) is 7.72. The fourth-order valence-corrected chi connectivity index (χ4v) is 4.23. The summed E-state index contributed by atoms with van der Waals surface area (Å²) in [4.78, 5) is 23.6. The Morgan fingerprint density at radius 2 is 2.00 bits per heavy atom. The van der Waals surface area contributed by atoms with E-state index >= 15 is 0 Å². The van der Waals surface area contributed by atoms with Gasteiger partial charge in [0.25, 0.3) is 0 Å². The molecular formula is C17H24N6O4S. The zero-order valence-electron chi connectivity index (χ0n) is 16.3. The molecule has 0 radical (unpaired) electrons. The van der Waals surface area contributed by atoms with Crippen LogP contribution >= 0.6 is 0 Å². The van der Waals surface area contributed by atoms with Crippen LogP contribution in [0.25, 0.3) is 22.1 Å². The number of nitrogens with two attached hydrogens (primary N) is 1. The van der Waals surface area contributed by atoms with Gasteiger partial charge in [-0.1, -0.05) is 0 Å². The lowest BCUT2D eigenvalue weighted by atomic mass is 10.1. The second-order valence-electron chi connectivity index (χ2n) is 7.11. The highest BCUT2D eigenvalue weighted by Gasteiger charge is 2.27. The van der Waals surface area contributed by atoms with Gasteiger partial charge in [-0.3, -0.25) is 4.98 Å². The van der Waals surface area contributed by atoms with Crippen LogP contribution in [0.3, 0.4) is 0 Å². The third kappa shape index (κ3) is 4.38. The van der Waals surface area contributed by atoms with Gasteiger partial charge in [0, 0.05) is 18.3 Å². The van der Waals surface area contributed by atoms with E-state index in [-0.39, 0.29) is 19.0 Å². The number of hydrogen-bond acceptors (Lipinski definition) is 8. The van der Waals surface area contributed by atoms with Crippen molar-refractivity contribution in [3.63, 3.8) is 0 Å². The summed E-state index contributed by atoms with van der Waals surface area (Å²) in [6.07, 6.45) is 2.78. The van der Waals surface area contributed by atoms with Crippen LogP contribution in [0.1, 0.15) is 26.6 Å². The third-order valence-electron chi connectivity index (χ3n) is 3.95. The van der Waals surface area contributed by atoms with Crippen molar-refractivity contribution in [3.8, 4) is 0 Å². The van der Waals surface area contributed by atoms with Crippen molar-refractivity contribution in [1.29, 1.82) is 0 Å². The first-order valence-corrected chi connectivity index (χ1v) is 10.6. The number of fused-ring (bicyclic) bond motifs is 3. The first kappa shape index (κ1) is 20.4. The first-order valence-electron chi connectivity index (χ1n) is 8.74. The van der Waals surface area contributed by atoms with Crippen molar-refractivity contribution in [3.05, 3.63) is 24.2 Å². The second-order valence-corrected chi connectivity index (χ2v) is 8.85. The molecule has 0 aromatic carbocycles. The van der Waals surface area contributed by atoms with Gasteiger partial charge in [0.1, 0.15) is 29.0 Å². The maximum Gasteiger partial charge on any atom is 0.209 e. The largest absolute Gasteiger partial charge is 0.382 e. The van der Waals surface area contributed by atoms with Crippen molar-refractivity contribution in [2.75, 3.05) is 18.6 Å². The molecule has 0 atom stereocenters. The highest BCUT2D eigenvalue weighted by atomic mass is 32.2. The molecule has 0 fully saturated rings. The number of nitrogens with one attached hydrogen (secondary N) is 1. The van der Waals surface area contributed by atoms with Crippen LogP contribution in [0.2, 0.25) is 0 Å². The molecule has 3 heterocycles. The zero-order valence-corrected chi connectivity index (χ0v) is 17.1. The van der Waals surface area contributed by atoms with E-state index < -0.39 is 15.6 Å². The van der Waals surface area contributed by atoms with Crippen molar-refractivity contribution < 1.29 is 18.2 Å². The fraction of sp³-hybridized carbons (Fsp3) is 0.471. The number of nitrogens with zero attached hydrogens (tertiary/aromatic N) is 4. The Bertz CT molecular complexity index is 1110. The van der Waals surface area contributed by atoms with Crippen LogP contribution in [0.5, 0.6) is 0 Å². The Hall–Kier alpha value is -2.34. The molecule has 0 aliphatic heterocycles. The molecule has 0 saturated carbocycles. The van der Waals surface area contributed by atoms with E-state index in [2.05, 4.69) is 19.7 Å². The molecule has 0 aliphatic carbocycles. The van der Waals surface area contributed by atoms with Crippen molar-refractivity contribution in [1.82, 2.24) is 24.2 Å². The summed E-state index contributed by atoms with van der Waals surface area (Å²) in [7, 11) is -3.42. The van der Waals surface area contributed by atoms with Gasteiger partial charge in [-0.15, -0.1) is 0 Å². The molecule has 3 N–H and O–H groups in total. The molecule has 11 heteroatoms. The van der Waals surface area contributed by atoms with Crippen molar-refractivity contribution >= 4 is 37.9 Å². The molecule has 0 bridgehead atoms. The highest BCUT2D eigenvalue weighted by molar-refractivity contribution is 7.88. The monoisotopic (exact) mass is 408 g/mol. The maximum absolute atomic E-state index is 11.8. The summed E-state index contributed by atoms with van der Waals surface area (Å²) in [6, 6.07) is 3.58. The van der Waals surface area contributed by atoms with E-state index in [1.54, 1.807) is 33.0 Å². The van der Waals surface area contributed by atoms with E-state index in [0.717, 1.165) is 6.26 Å². The van der Waals surface area contributed by atoms with E-state index in [0.29, 0.717) is 34.5 Å². The van der Waals surface area contributed by atoms with Crippen LogP contribution in [-0.4, -0.2) is 46.3 Å². The van der Waals surface area contributed by atoms with Crippen LogP contribution in [-0.2, 0) is 33.0 Å². The molecule has 3 rings (SSSR count). The van der Waals surface area contributed by atoms with Crippen molar-refractivity contribution in [2.45, 2.75) is 39.5 Å². The predicted octanol–water partition coefficient (Wildman–Crippen LogP) is 1.36. The van der Waals surface area contributed by atoms with E-state index in [4.69, 9.17) is 15.5 Å². The second kappa shape index (κ2) is 7.59. The van der Waals surface area contributed by atoms with Gasteiger partial charge in [0.2, 0.25) is 10.0 Å². The standard InChI is InChI=1S/C17H24N6O4S/c1-5-26-27-9-12-21-14-15(13-11(20-16(14)18)7-6-8-19-13)23(12)10-17(2,3)22-28(4,24)25/h6-8,22H,5,9-10H2,1-4H3,(H2,18,20). The number of hydrogen-bond donors (Lipinski definition) is 2. The molecule has 152 valence electrons. The van der Waals surface area contributed by atoms with Gasteiger partial charge in [-0.25, -0.2) is 32.9 Å². The number of nitrogen functional groups attached to an aromatic ring is 1. The topological polar surface area (TPSA) is 134 Å². The van der Waals surface area contributed by atoms with E-state index in [1.807, 2.05) is 10.6 Å². The average molecular weight is 408 g/mol. The van der Waals surface area contributed by atoms with E-state index in [9.17, 15) is 8.42 Å². The lowest BCUT2D eigenvalue weighted by Gasteiger charge is -2.26. The van der Waals surface area contributed by atoms with Gasteiger partial charge in [0.05, 0.1) is 18.4 Å². The van der Waals surface area contributed by atoms with Gasteiger partial charge in [-0.05, 0) is 32.9 Å². The minimum Gasteiger partial charge on any atom is -0.382 e. The Kier molecular flexibility index (Phi) is 5.53. The van der Waals surface area contributed by atoms with Crippen LogP contribution in [0.4, 0.5) is 5.82 Å². The van der Waals surface area contributed by atoms with Gasteiger partial charge >= 0.3 is 0 Å². The minimum absolute atomic E-state index is 0.0608. The lowest BCUT2D eigenvalue weighted by molar-refractivity contribution is -0.302. The third-order valence-corrected chi connectivity index (χ3v) is 4.87. The quantitative estimate of drug-likeness (QED) is 0.324. The smallest absolute Gasteiger partial charge is 0.209 e. The number of aromatic nitrogens is 4. The molecule has 28 heavy (non-hydrogen) atoms. The van der Waals surface area contributed by atoms with Gasteiger partial charge in [0.15, 0.2) is 5.82 Å². The molecule has 10 nitrogen and oxygen atoms in total. The van der Waals surface area contributed by atoms with Gasteiger partial charge in [-0.2, -0.15) is 0 Å². The number of pyridine rings is 2. The molecular weight excluding hydrogens is 384 g/mol. The summed E-state index contributed by atoms with van der Waals surface area (Å²) < 4.78 is 28.0. The SMILES string of the molecule is CCOOCc1nc2c(N)nc3cccnc3c2n1CC(C)(C)NS(C)(=O)=O. The normalized spacial score (nSPS) is 12.9. The van der Waals surface area contributed by atoms with Crippen LogP contribution in [0.15, 0.2) is 18.3 Å². The number of imidazole rings is 1. The van der Waals surface area contributed by atoms with Crippen LogP contribution < -0.4 is 10.5 Å². The molecule has 0 spiro atoms. The average Bonchev–Trinajstić information content (AvgIpc) is 2.92. The maximum atomic E-state index is 11.8. The fourth-order valence-electron chi connectivity index (χ4n) is 3.16. The highest BCUT2D eigenvalue weighted by Crippen LogP contribution is 2.29. The first-order chi connectivity index (χ1) is 13.1. The zero-order chi connectivity index (χ0) is 20.5. The predicted molar refractivity (Wildman–Crippen MR) is 106 cm³/mol. The van der Waals surface area contributed by atoms with E-state index in [1.165, 1.54) is 0 Å². The molecule has 3 aromatic rings.